The average Bonchev–Trinajstić information content (AvgIpc) is 2.82. The summed E-state index contributed by atoms with van der Waals surface area (Å²) in [6.45, 7) is 4.35. The van der Waals surface area contributed by atoms with Crippen molar-refractivity contribution >= 4 is 41.4 Å². The van der Waals surface area contributed by atoms with E-state index >= 15 is 0 Å². The lowest BCUT2D eigenvalue weighted by molar-refractivity contribution is -0.142. The van der Waals surface area contributed by atoms with Crippen molar-refractivity contribution in [3.63, 3.8) is 0 Å². The third kappa shape index (κ3) is 16.0. The zero-order chi connectivity index (χ0) is 28.4. The van der Waals surface area contributed by atoms with Gasteiger partial charge in [0.05, 0.1) is 6.04 Å². The molecule has 0 saturated carbocycles. The SMILES string of the molecule is CSCC[C@H](N)C(=O)N[C@@H](CCCN=C(N)N)C(=O)N[C@@H](CCCCN)C(=O)N[C@@H](CC(C)C)C(=O)O. The summed E-state index contributed by atoms with van der Waals surface area (Å²) in [4.78, 5) is 54.3. The van der Waals surface area contributed by atoms with Gasteiger partial charge in [-0.05, 0) is 69.4 Å². The van der Waals surface area contributed by atoms with Crippen molar-refractivity contribution in [3.8, 4) is 0 Å². The number of amides is 3. The summed E-state index contributed by atoms with van der Waals surface area (Å²) in [5, 5.41) is 17.4. The van der Waals surface area contributed by atoms with Crippen molar-refractivity contribution in [2.75, 3.05) is 25.1 Å². The molecule has 0 spiro atoms. The first kappa shape index (κ1) is 34.4. The van der Waals surface area contributed by atoms with Crippen molar-refractivity contribution in [1.82, 2.24) is 16.0 Å². The number of nitrogens with one attached hydrogen (secondary N) is 3. The van der Waals surface area contributed by atoms with Crippen molar-refractivity contribution in [3.05, 3.63) is 0 Å². The molecule has 0 aromatic rings. The molecule has 0 radical (unpaired) electrons. The molecule has 4 atom stereocenters. The van der Waals surface area contributed by atoms with Gasteiger partial charge in [0.25, 0.3) is 0 Å². The predicted octanol–water partition coefficient (Wildman–Crippen LogP) is -1.17. The molecule has 0 heterocycles. The molecule has 0 rings (SSSR count). The van der Waals surface area contributed by atoms with Gasteiger partial charge in [-0.3, -0.25) is 19.4 Å². The minimum atomic E-state index is -1.15. The van der Waals surface area contributed by atoms with Gasteiger partial charge in [-0.25, -0.2) is 4.79 Å². The van der Waals surface area contributed by atoms with E-state index in [2.05, 4.69) is 20.9 Å². The average molecular weight is 547 g/mol. The Morgan fingerprint density at radius 1 is 0.865 bits per heavy atom. The van der Waals surface area contributed by atoms with Crippen molar-refractivity contribution in [2.24, 2.45) is 33.8 Å². The van der Waals surface area contributed by atoms with E-state index in [0.29, 0.717) is 38.0 Å². The molecular weight excluding hydrogens is 500 g/mol. The molecule has 37 heavy (non-hydrogen) atoms. The van der Waals surface area contributed by atoms with Crippen molar-refractivity contribution in [1.29, 1.82) is 0 Å². The number of carboxylic acid groups (broad SMARTS) is 1. The first-order chi connectivity index (χ1) is 17.4. The van der Waals surface area contributed by atoms with Gasteiger partial charge in [0, 0.05) is 6.54 Å². The second-order valence-electron chi connectivity index (χ2n) is 9.27. The van der Waals surface area contributed by atoms with Crippen molar-refractivity contribution in [2.45, 2.75) is 83.0 Å². The summed E-state index contributed by atoms with van der Waals surface area (Å²) in [5.74, 6) is -2.21. The smallest absolute Gasteiger partial charge is 0.326 e. The zero-order valence-corrected chi connectivity index (χ0v) is 23.0. The second kappa shape index (κ2) is 19.5. The molecular formula is C23H46N8O5S. The third-order valence-corrected chi connectivity index (χ3v) is 6.09. The lowest BCUT2D eigenvalue weighted by Crippen LogP contribution is -2.57. The maximum atomic E-state index is 13.2. The number of aliphatic carboxylic acids is 1. The van der Waals surface area contributed by atoms with Gasteiger partial charge in [-0.2, -0.15) is 11.8 Å². The fourth-order valence-corrected chi connectivity index (χ4v) is 3.92. The highest BCUT2D eigenvalue weighted by Gasteiger charge is 2.30. The number of carbonyl (C=O) groups excluding carboxylic acids is 3. The Hall–Kier alpha value is -2.58. The van der Waals surface area contributed by atoms with Crippen LogP contribution in [0.15, 0.2) is 4.99 Å². The number of hydrogen-bond donors (Lipinski definition) is 8. The minimum Gasteiger partial charge on any atom is -0.480 e. The highest BCUT2D eigenvalue weighted by molar-refractivity contribution is 7.98. The summed E-state index contributed by atoms with van der Waals surface area (Å²) < 4.78 is 0. The van der Waals surface area contributed by atoms with E-state index < -0.39 is 47.9 Å². The number of carbonyl (C=O) groups is 4. The van der Waals surface area contributed by atoms with E-state index in [1.54, 1.807) is 11.8 Å². The Morgan fingerprint density at radius 3 is 1.89 bits per heavy atom. The van der Waals surface area contributed by atoms with E-state index in [0.717, 1.165) is 0 Å². The molecule has 214 valence electrons. The number of guanidine groups is 1. The van der Waals surface area contributed by atoms with Gasteiger partial charge in [-0.1, -0.05) is 13.8 Å². The van der Waals surface area contributed by atoms with Gasteiger partial charge in [-0.15, -0.1) is 0 Å². The lowest BCUT2D eigenvalue weighted by Gasteiger charge is -2.25. The van der Waals surface area contributed by atoms with E-state index in [4.69, 9.17) is 22.9 Å². The van der Waals surface area contributed by atoms with Gasteiger partial charge < -0.3 is 44.0 Å². The van der Waals surface area contributed by atoms with Crippen LogP contribution in [0.2, 0.25) is 0 Å². The van der Waals surface area contributed by atoms with Gasteiger partial charge in [0.2, 0.25) is 17.7 Å². The Balaban J connectivity index is 5.60. The van der Waals surface area contributed by atoms with Gasteiger partial charge >= 0.3 is 5.97 Å². The van der Waals surface area contributed by atoms with E-state index in [1.165, 1.54) is 0 Å². The van der Waals surface area contributed by atoms with Gasteiger partial charge in [0.15, 0.2) is 5.96 Å². The molecule has 13 nitrogen and oxygen atoms in total. The number of carboxylic acids is 1. The third-order valence-electron chi connectivity index (χ3n) is 5.45. The highest BCUT2D eigenvalue weighted by Crippen LogP contribution is 2.09. The molecule has 3 amide bonds. The monoisotopic (exact) mass is 546 g/mol. The predicted molar refractivity (Wildman–Crippen MR) is 147 cm³/mol. The molecule has 12 N–H and O–H groups in total. The molecule has 0 aromatic carbocycles. The molecule has 0 saturated heterocycles. The normalized spacial score (nSPS) is 14.2. The van der Waals surface area contributed by atoms with Crippen LogP contribution >= 0.6 is 11.8 Å². The molecule has 0 aliphatic rings. The fourth-order valence-electron chi connectivity index (χ4n) is 3.43. The van der Waals surface area contributed by atoms with Crippen LogP contribution in [0.25, 0.3) is 0 Å². The molecule has 0 unspecified atom stereocenters. The lowest BCUT2D eigenvalue weighted by atomic mass is 10.0. The highest BCUT2D eigenvalue weighted by atomic mass is 32.2. The van der Waals surface area contributed by atoms with Crippen LogP contribution < -0.4 is 38.9 Å². The maximum absolute atomic E-state index is 13.2. The molecule has 14 heteroatoms. The molecule has 0 bridgehead atoms. The maximum Gasteiger partial charge on any atom is 0.326 e. The number of thioether (sulfide) groups is 1. The van der Waals surface area contributed by atoms with Crippen LogP contribution in [-0.2, 0) is 19.2 Å². The van der Waals surface area contributed by atoms with Crippen LogP contribution in [0.1, 0.15) is 58.8 Å². The summed E-state index contributed by atoms with van der Waals surface area (Å²) in [7, 11) is 0. The van der Waals surface area contributed by atoms with Crippen molar-refractivity contribution < 1.29 is 24.3 Å². The first-order valence-electron chi connectivity index (χ1n) is 12.6. The number of nitrogens with two attached hydrogens (primary N) is 4. The number of rotatable bonds is 20. The Morgan fingerprint density at radius 2 is 1.41 bits per heavy atom. The molecule has 0 fully saturated rings. The number of nitrogens with zero attached hydrogens (tertiary/aromatic N) is 1. The first-order valence-corrected chi connectivity index (χ1v) is 14.0. The van der Waals surface area contributed by atoms with E-state index in [-0.39, 0.29) is 37.7 Å². The van der Waals surface area contributed by atoms with Crippen LogP contribution in [0.3, 0.4) is 0 Å². The van der Waals surface area contributed by atoms with Gasteiger partial charge in [0.1, 0.15) is 18.1 Å². The van der Waals surface area contributed by atoms with E-state index in [9.17, 15) is 24.3 Å². The Bertz CT molecular complexity index is 749. The quantitative estimate of drug-likeness (QED) is 0.0517. The summed E-state index contributed by atoms with van der Waals surface area (Å²) in [6.07, 6.45) is 4.57. The minimum absolute atomic E-state index is 0.0341. The number of unbranched alkanes of at least 4 members (excludes halogenated alkanes) is 1. The standard InChI is InChI=1S/C23H46N8O5S/c1-14(2)13-18(22(35)36)31-21(34)16(7-4-5-10-24)30-20(33)17(8-6-11-28-23(26)27)29-19(32)15(25)9-12-37-3/h14-18H,4-13,24-25H2,1-3H3,(H,29,32)(H,30,33)(H,31,34)(H,35,36)(H4,26,27,28)/t15-,16-,17-,18-/m0/s1. The summed E-state index contributed by atoms with van der Waals surface area (Å²) in [5.41, 5.74) is 22.2. The molecule has 0 aromatic heterocycles. The van der Waals surface area contributed by atoms with Crippen LogP contribution in [0.5, 0.6) is 0 Å². The van der Waals surface area contributed by atoms with Crippen LogP contribution in [0, 0.1) is 5.92 Å². The van der Waals surface area contributed by atoms with E-state index in [1.807, 2.05) is 20.1 Å². The fraction of sp³-hybridized carbons (Fsp3) is 0.783. The zero-order valence-electron chi connectivity index (χ0n) is 22.2. The number of aliphatic imine (C=N–C) groups is 1. The number of hydrogen-bond acceptors (Lipinski definition) is 8. The summed E-state index contributed by atoms with van der Waals surface area (Å²) in [6, 6.07) is -3.88. The Kier molecular flexibility index (Phi) is 18.2. The second-order valence-corrected chi connectivity index (χ2v) is 10.3. The molecule has 0 aliphatic carbocycles. The largest absolute Gasteiger partial charge is 0.480 e. The summed E-state index contributed by atoms with van der Waals surface area (Å²) >= 11 is 1.55. The molecule has 0 aliphatic heterocycles. The Labute approximate surface area is 223 Å². The topological polar surface area (TPSA) is 241 Å². The van der Waals surface area contributed by atoms with Crippen LogP contribution in [-0.4, -0.2) is 84.0 Å². The van der Waals surface area contributed by atoms with Crippen LogP contribution in [0.4, 0.5) is 0 Å².